The number of nitrogens with one attached hydrogen (secondary N) is 1. The highest BCUT2D eigenvalue weighted by Gasteiger charge is 2.13. The SMILES string of the molecule is C[C@H](NC(=O)COC(=O)c1cccc(Oc2ccccc2)c1)c1ccccc1. The van der Waals surface area contributed by atoms with Crippen molar-refractivity contribution in [3.05, 3.63) is 96.1 Å². The smallest absolute Gasteiger partial charge is 0.338 e. The van der Waals surface area contributed by atoms with Crippen LogP contribution in [0.4, 0.5) is 0 Å². The maximum absolute atomic E-state index is 12.3. The predicted molar refractivity (Wildman–Crippen MR) is 106 cm³/mol. The minimum Gasteiger partial charge on any atom is -0.457 e. The summed E-state index contributed by atoms with van der Waals surface area (Å²) in [6.07, 6.45) is 0. The van der Waals surface area contributed by atoms with E-state index in [1.54, 1.807) is 24.3 Å². The molecule has 0 unspecified atom stereocenters. The molecule has 0 bridgehead atoms. The largest absolute Gasteiger partial charge is 0.457 e. The standard InChI is InChI=1S/C23H21NO4/c1-17(18-9-4-2-5-10-18)24-22(25)16-27-23(26)19-11-8-14-21(15-19)28-20-12-6-3-7-13-20/h2-15,17H,16H2,1H3,(H,24,25)/t17-/m0/s1. The molecule has 5 heteroatoms. The molecule has 142 valence electrons. The zero-order valence-electron chi connectivity index (χ0n) is 15.5. The number of esters is 1. The second-order valence-electron chi connectivity index (χ2n) is 6.22. The molecule has 28 heavy (non-hydrogen) atoms. The van der Waals surface area contributed by atoms with Crippen LogP contribution in [0.15, 0.2) is 84.9 Å². The minimum atomic E-state index is -0.582. The molecule has 0 saturated heterocycles. The molecule has 3 aromatic carbocycles. The number of hydrogen-bond acceptors (Lipinski definition) is 4. The number of hydrogen-bond donors (Lipinski definition) is 1. The second-order valence-corrected chi connectivity index (χ2v) is 6.22. The first-order valence-electron chi connectivity index (χ1n) is 8.96. The van der Waals surface area contributed by atoms with Crippen LogP contribution in [-0.4, -0.2) is 18.5 Å². The van der Waals surface area contributed by atoms with Gasteiger partial charge in [-0.15, -0.1) is 0 Å². The van der Waals surface area contributed by atoms with Gasteiger partial charge < -0.3 is 14.8 Å². The molecule has 1 atom stereocenters. The summed E-state index contributed by atoms with van der Waals surface area (Å²) in [4.78, 5) is 24.3. The number of benzene rings is 3. The molecule has 0 aromatic heterocycles. The Morgan fingerprint density at radius 1 is 0.857 bits per heavy atom. The molecule has 1 N–H and O–H groups in total. The molecule has 3 aromatic rings. The molecule has 0 aliphatic heterocycles. The van der Waals surface area contributed by atoms with Crippen LogP contribution in [0.3, 0.4) is 0 Å². The third-order valence-electron chi connectivity index (χ3n) is 4.06. The van der Waals surface area contributed by atoms with E-state index in [0.29, 0.717) is 17.1 Å². The first-order valence-corrected chi connectivity index (χ1v) is 8.96. The fourth-order valence-electron chi connectivity index (χ4n) is 2.63. The van der Waals surface area contributed by atoms with Crippen LogP contribution in [0.2, 0.25) is 0 Å². The van der Waals surface area contributed by atoms with Crippen LogP contribution in [0.1, 0.15) is 28.9 Å². The Morgan fingerprint density at radius 2 is 1.50 bits per heavy atom. The highest BCUT2D eigenvalue weighted by atomic mass is 16.5. The number of rotatable bonds is 7. The molecule has 0 heterocycles. The fraction of sp³-hybridized carbons (Fsp3) is 0.130. The van der Waals surface area contributed by atoms with Crippen molar-refractivity contribution in [3.8, 4) is 11.5 Å². The van der Waals surface area contributed by atoms with E-state index in [-0.39, 0.29) is 18.6 Å². The Labute approximate surface area is 163 Å². The molecule has 5 nitrogen and oxygen atoms in total. The van der Waals surface area contributed by atoms with Crippen molar-refractivity contribution in [2.45, 2.75) is 13.0 Å². The van der Waals surface area contributed by atoms with Crippen molar-refractivity contribution in [3.63, 3.8) is 0 Å². The van der Waals surface area contributed by atoms with Crippen LogP contribution in [0.25, 0.3) is 0 Å². The Hall–Kier alpha value is -3.60. The van der Waals surface area contributed by atoms with E-state index in [2.05, 4.69) is 5.32 Å². The van der Waals surface area contributed by atoms with Gasteiger partial charge in [0, 0.05) is 0 Å². The van der Waals surface area contributed by atoms with E-state index in [4.69, 9.17) is 9.47 Å². The zero-order chi connectivity index (χ0) is 19.8. The summed E-state index contributed by atoms with van der Waals surface area (Å²) in [5.41, 5.74) is 1.30. The molecule has 1 amide bonds. The van der Waals surface area contributed by atoms with Crippen molar-refractivity contribution in [1.82, 2.24) is 5.32 Å². The van der Waals surface area contributed by atoms with E-state index >= 15 is 0 Å². The maximum atomic E-state index is 12.3. The molecule has 0 fully saturated rings. The lowest BCUT2D eigenvalue weighted by molar-refractivity contribution is -0.124. The van der Waals surface area contributed by atoms with Crippen molar-refractivity contribution in [2.24, 2.45) is 0 Å². The normalized spacial score (nSPS) is 11.3. The molecule has 0 spiro atoms. The highest BCUT2D eigenvalue weighted by molar-refractivity contribution is 5.91. The van der Waals surface area contributed by atoms with E-state index in [1.165, 1.54) is 0 Å². The first-order chi connectivity index (χ1) is 13.6. The summed E-state index contributed by atoms with van der Waals surface area (Å²) in [6, 6.07) is 25.3. The molecular formula is C23H21NO4. The van der Waals surface area contributed by atoms with Gasteiger partial charge in [-0.1, -0.05) is 54.6 Å². The Kier molecular flexibility index (Phi) is 6.41. The topological polar surface area (TPSA) is 64.6 Å². The Balaban J connectivity index is 1.53. The molecule has 0 radical (unpaired) electrons. The lowest BCUT2D eigenvalue weighted by Gasteiger charge is -2.14. The van der Waals surface area contributed by atoms with E-state index in [0.717, 1.165) is 5.56 Å². The Morgan fingerprint density at radius 3 is 2.21 bits per heavy atom. The Bertz CT molecular complexity index is 926. The van der Waals surface area contributed by atoms with Crippen molar-refractivity contribution in [2.75, 3.05) is 6.61 Å². The lowest BCUT2D eigenvalue weighted by atomic mass is 10.1. The average Bonchev–Trinajstić information content (AvgIpc) is 2.73. The van der Waals surface area contributed by atoms with Gasteiger partial charge in [0.25, 0.3) is 5.91 Å². The summed E-state index contributed by atoms with van der Waals surface area (Å²) in [5.74, 6) is 0.243. The third kappa shape index (κ3) is 5.45. The summed E-state index contributed by atoms with van der Waals surface area (Å²) in [7, 11) is 0. The quantitative estimate of drug-likeness (QED) is 0.617. The first kappa shape index (κ1) is 19.2. The fourth-order valence-corrected chi connectivity index (χ4v) is 2.63. The van der Waals surface area contributed by atoms with E-state index in [9.17, 15) is 9.59 Å². The van der Waals surface area contributed by atoms with Crippen LogP contribution in [-0.2, 0) is 9.53 Å². The average molecular weight is 375 g/mol. The van der Waals surface area contributed by atoms with Gasteiger partial charge in [0.1, 0.15) is 11.5 Å². The van der Waals surface area contributed by atoms with Crippen LogP contribution < -0.4 is 10.1 Å². The number of carbonyl (C=O) groups is 2. The van der Waals surface area contributed by atoms with Gasteiger partial charge in [0.05, 0.1) is 11.6 Å². The van der Waals surface area contributed by atoms with E-state index < -0.39 is 5.97 Å². The molecular weight excluding hydrogens is 354 g/mol. The number of amides is 1. The number of carbonyl (C=O) groups excluding carboxylic acids is 2. The summed E-state index contributed by atoms with van der Waals surface area (Å²) in [5, 5.41) is 2.81. The highest BCUT2D eigenvalue weighted by Crippen LogP contribution is 2.22. The van der Waals surface area contributed by atoms with Gasteiger partial charge in [0.2, 0.25) is 0 Å². The van der Waals surface area contributed by atoms with Gasteiger partial charge in [-0.05, 0) is 42.8 Å². The summed E-state index contributed by atoms with van der Waals surface area (Å²) >= 11 is 0. The van der Waals surface area contributed by atoms with Crippen molar-refractivity contribution >= 4 is 11.9 Å². The van der Waals surface area contributed by atoms with Crippen LogP contribution >= 0.6 is 0 Å². The molecule has 0 aliphatic carbocycles. The van der Waals surface area contributed by atoms with Crippen molar-refractivity contribution < 1.29 is 19.1 Å². The van der Waals surface area contributed by atoms with E-state index in [1.807, 2.05) is 67.6 Å². The molecule has 3 rings (SSSR count). The number of ether oxygens (including phenoxy) is 2. The van der Waals surface area contributed by atoms with Gasteiger partial charge >= 0.3 is 5.97 Å². The predicted octanol–water partition coefficient (Wildman–Crippen LogP) is 4.51. The zero-order valence-corrected chi connectivity index (χ0v) is 15.5. The summed E-state index contributed by atoms with van der Waals surface area (Å²) in [6.45, 7) is 1.53. The van der Waals surface area contributed by atoms with Crippen LogP contribution in [0, 0.1) is 0 Å². The van der Waals surface area contributed by atoms with Gasteiger partial charge in [-0.25, -0.2) is 4.79 Å². The monoisotopic (exact) mass is 375 g/mol. The molecule has 0 saturated carbocycles. The van der Waals surface area contributed by atoms with Gasteiger partial charge in [0.15, 0.2) is 6.61 Å². The lowest BCUT2D eigenvalue weighted by Crippen LogP contribution is -2.31. The second kappa shape index (κ2) is 9.37. The van der Waals surface area contributed by atoms with Gasteiger partial charge in [-0.3, -0.25) is 4.79 Å². The van der Waals surface area contributed by atoms with Crippen molar-refractivity contribution in [1.29, 1.82) is 0 Å². The minimum absolute atomic E-state index is 0.171. The molecule has 0 aliphatic rings. The van der Waals surface area contributed by atoms with Gasteiger partial charge in [-0.2, -0.15) is 0 Å². The van der Waals surface area contributed by atoms with Crippen LogP contribution in [0.5, 0.6) is 11.5 Å². The summed E-state index contributed by atoms with van der Waals surface area (Å²) < 4.78 is 10.8. The number of para-hydroxylation sites is 1. The maximum Gasteiger partial charge on any atom is 0.338 e. The third-order valence-corrected chi connectivity index (χ3v) is 4.06.